The molecule has 11 nitrogen and oxygen atoms in total. The van der Waals surface area contributed by atoms with Gasteiger partial charge in [0.2, 0.25) is 5.82 Å². The number of ether oxygens (including phenoxy) is 2. The molecular formula is C19H21FN3O8P. The number of H-pyrrole nitrogens is 1. The van der Waals surface area contributed by atoms with E-state index in [0.29, 0.717) is 0 Å². The summed E-state index contributed by atoms with van der Waals surface area (Å²) < 4.78 is 48.8. The molecule has 2 heterocycles. The van der Waals surface area contributed by atoms with E-state index in [1.54, 1.807) is 30.3 Å². The van der Waals surface area contributed by atoms with Gasteiger partial charge in [-0.1, -0.05) is 24.3 Å². The lowest BCUT2D eigenvalue weighted by Gasteiger charge is -2.24. The number of hydrogen-bond acceptors (Lipinski definition) is 8. The normalized spacial score (nSPS) is 20.5. The topological polar surface area (TPSA) is 138 Å². The van der Waals surface area contributed by atoms with Gasteiger partial charge in [0.05, 0.1) is 19.9 Å². The Kier molecular flexibility index (Phi) is 7.41. The molecule has 1 aromatic heterocycles. The molecule has 0 saturated heterocycles. The highest BCUT2D eigenvalue weighted by atomic mass is 31.2. The Morgan fingerprint density at radius 2 is 2.03 bits per heavy atom. The van der Waals surface area contributed by atoms with E-state index in [2.05, 4.69) is 9.82 Å². The SMILES string of the molecule is COC(=O)C(C)NP(=O)(OC[C@@H]1C=C[C@H](n2cc(F)c(=O)[nH]c2=O)O1)Oc1ccccc1. The molecular weight excluding hydrogens is 448 g/mol. The molecule has 0 radical (unpaired) electrons. The average molecular weight is 469 g/mol. The molecule has 0 spiro atoms. The molecule has 2 N–H and O–H groups in total. The summed E-state index contributed by atoms with van der Waals surface area (Å²) in [7, 11) is -2.89. The summed E-state index contributed by atoms with van der Waals surface area (Å²) in [6.45, 7) is 1.13. The van der Waals surface area contributed by atoms with E-state index >= 15 is 0 Å². The maximum absolute atomic E-state index is 13.5. The summed E-state index contributed by atoms with van der Waals surface area (Å²) in [6.07, 6.45) is 1.88. The first-order chi connectivity index (χ1) is 15.2. The van der Waals surface area contributed by atoms with Crippen molar-refractivity contribution in [2.24, 2.45) is 0 Å². The fraction of sp³-hybridized carbons (Fsp3) is 0.316. The number of carbonyl (C=O) groups excluding carboxylic acids is 1. The molecule has 0 saturated carbocycles. The fourth-order valence-corrected chi connectivity index (χ4v) is 4.24. The van der Waals surface area contributed by atoms with Crippen LogP contribution in [0.3, 0.4) is 0 Å². The summed E-state index contributed by atoms with van der Waals surface area (Å²) in [4.78, 5) is 36.7. The Morgan fingerprint density at radius 1 is 1.31 bits per heavy atom. The maximum atomic E-state index is 13.5. The summed E-state index contributed by atoms with van der Waals surface area (Å²) in [5.41, 5.74) is -2.00. The molecule has 172 valence electrons. The zero-order valence-electron chi connectivity index (χ0n) is 17.1. The van der Waals surface area contributed by atoms with E-state index in [4.69, 9.17) is 13.8 Å². The molecule has 4 atom stereocenters. The molecule has 3 rings (SSSR count). The van der Waals surface area contributed by atoms with Crippen molar-refractivity contribution in [3.8, 4) is 5.75 Å². The number of para-hydroxylation sites is 1. The number of nitrogens with zero attached hydrogens (tertiary/aromatic N) is 1. The Bertz CT molecular complexity index is 1150. The van der Waals surface area contributed by atoms with Crippen molar-refractivity contribution < 1.29 is 32.3 Å². The van der Waals surface area contributed by atoms with Gasteiger partial charge in [0.25, 0.3) is 5.56 Å². The van der Waals surface area contributed by atoms with Crippen molar-refractivity contribution in [1.29, 1.82) is 0 Å². The molecule has 1 aromatic carbocycles. The third-order valence-electron chi connectivity index (χ3n) is 4.29. The van der Waals surface area contributed by atoms with Crippen molar-refractivity contribution in [3.63, 3.8) is 0 Å². The van der Waals surface area contributed by atoms with Gasteiger partial charge in [-0.3, -0.25) is 23.7 Å². The van der Waals surface area contributed by atoms with E-state index < -0.39 is 49.2 Å². The number of carbonyl (C=O) groups is 1. The van der Waals surface area contributed by atoms with Crippen LogP contribution in [0.2, 0.25) is 0 Å². The van der Waals surface area contributed by atoms with Gasteiger partial charge in [-0.2, -0.15) is 9.48 Å². The third-order valence-corrected chi connectivity index (χ3v) is 5.93. The first-order valence-corrected chi connectivity index (χ1v) is 10.9. The smallest absolute Gasteiger partial charge is 0.459 e. The Labute approximate surface area is 181 Å². The van der Waals surface area contributed by atoms with E-state index in [-0.39, 0.29) is 12.4 Å². The molecule has 1 aliphatic heterocycles. The monoisotopic (exact) mass is 469 g/mol. The summed E-state index contributed by atoms with van der Waals surface area (Å²) >= 11 is 0. The molecule has 2 aromatic rings. The highest BCUT2D eigenvalue weighted by Crippen LogP contribution is 2.45. The highest BCUT2D eigenvalue weighted by Gasteiger charge is 2.34. The van der Waals surface area contributed by atoms with Crippen molar-refractivity contribution >= 4 is 13.7 Å². The minimum atomic E-state index is -4.07. The Morgan fingerprint density at radius 3 is 2.72 bits per heavy atom. The van der Waals surface area contributed by atoms with Crippen LogP contribution in [0.15, 0.2) is 58.3 Å². The van der Waals surface area contributed by atoms with Gasteiger partial charge in [0.15, 0.2) is 6.23 Å². The van der Waals surface area contributed by atoms with E-state index in [1.165, 1.54) is 26.2 Å². The fourth-order valence-electron chi connectivity index (χ4n) is 2.74. The predicted molar refractivity (Wildman–Crippen MR) is 110 cm³/mol. The number of halogens is 1. The first kappa shape index (κ1) is 23.6. The lowest BCUT2D eigenvalue weighted by Crippen LogP contribution is -2.35. The van der Waals surface area contributed by atoms with Gasteiger partial charge in [-0.15, -0.1) is 0 Å². The second-order valence-corrected chi connectivity index (χ2v) is 8.36. The van der Waals surface area contributed by atoms with Crippen LogP contribution >= 0.6 is 7.75 Å². The maximum Gasteiger partial charge on any atom is 0.459 e. The third kappa shape index (κ3) is 5.80. The molecule has 2 unspecified atom stereocenters. The number of nitrogens with one attached hydrogen (secondary N) is 2. The van der Waals surface area contributed by atoms with Crippen LogP contribution in [-0.2, 0) is 23.4 Å². The quantitative estimate of drug-likeness (QED) is 0.318. The predicted octanol–water partition coefficient (Wildman–Crippen LogP) is 1.48. The van der Waals surface area contributed by atoms with Crippen LogP contribution in [0.4, 0.5) is 4.39 Å². The van der Waals surface area contributed by atoms with Crippen LogP contribution in [0.1, 0.15) is 13.2 Å². The number of aromatic nitrogens is 2. The Hall–Kier alpha value is -3.05. The van der Waals surface area contributed by atoms with Crippen LogP contribution in [0, 0.1) is 5.82 Å². The molecule has 0 bridgehead atoms. The van der Waals surface area contributed by atoms with Gasteiger partial charge in [-0.05, 0) is 25.1 Å². The number of hydrogen-bond donors (Lipinski definition) is 2. The number of methoxy groups -OCH3 is 1. The molecule has 13 heteroatoms. The second-order valence-electron chi connectivity index (χ2n) is 6.67. The molecule has 1 aliphatic rings. The standard InChI is InChI=1S/C19H21FN3O8P/c1-12(18(25)28-2)22-32(27,31-13-6-4-3-5-7-13)29-11-14-8-9-16(30-14)23-10-15(20)17(24)21-19(23)26/h3-10,12,14,16H,11H2,1-2H3,(H,22,27)(H,21,24,26)/t12?,14-,16+,32?/m0/s1. The van der Waals surface area contributed by atoms with E-state index in [1.807, 2.05) is 4.98 Å². The number of rotatable bonds is 9. The number of benzene rings is 1. The van der Waals surface area contributed by atoms with Gasteiger partial charge < -0.3 is 14.0 Å². The highest BCUT2D eigenvalue weighted by molar-refractivity contribution is 7.52. The molecule has 32 heavy (non-hydrogen) atoms. The summed E-state index contributed by atoms with van der Waals surface area (Å²) in [6, 6.07) is 7.17. The van der Waals surface area contributed by atoms with Crippen molar-refractivity contribution in [2.75, 3.05) is 13.7 Å². The first-order valence-electron chi connectivity index (χ1n) is 9.40. The summed E-state index contributed by atoms with van der Waals surface area (Å²) in [5, 5.41) is 2.49. The van der Waals surface area contributed by atoms with Gasteiger partial charge in [-0.25, -0.2) is 9.36 Å². The average Bonchev–Trinajstić information content (AvgIpc) is 3.23. The Balaban J connectivity index is 1.69. The minimum Gasteiger partial charge on any atom is -0.468 e. The van der Waals surface area contributed by atoms with Crippen molar-refractivity contribution in [2.45, 2.75) is 25.3 Å². The van der Waals surface area contributed by atoms with Gasteiger partial charge >= 0.3 is 19.4 Å². The summed E-state index contributed by atoms with van der Waals surface area (Å²) in [5.74, 6) is -1.60. The van der Waals surface area contributed by atoms with Gasteiger partial charge in [0, 0.05) is 0 Å². The molecule has 0 fully saturated rings. The van der Waals surface area contributed by atoms with E-state index in [9.17, 15) is 23.3 Å². The van der Waals surface area contributed by atoms with Crippen LogP contribution in [-0.4, -0.2) is 41.4 Å². The lowest BCUT2D eigenvalue weighted by atomic mass is 10.3. The largest absolute Gasteiger partial charge is 0.468 e. The van der Waals surface area contributed by atoms with Crippen LogP contribution < -0.4 is 20.9 Å². The zero-order chi connectivity index (χ0) is 23.3. The van der Waals surface area contributed by atoms with Crippen LogP contribution in [0.25, 0.3) is 0 Å². The van der Waals surface area contributed by atoms with Crippen molar-refractivity contribution in [1.82, 2.24) is 14.6 Å². The number of esters is 1. The molecule has 0 amide bonds. The molecule has 0 aliphatic carbocycles. The zero-order valence-corrected chi connectivity index (χ0v) is 18.0. The van der Waals surface area contributed by atoms with Crippen LogP contribution in [0.5, 0.6) is 5.75 Å². The number of aromatic amines is 1. The van der Waals surface area contributed by atoms with E-state index in [0.717, 1.165) is 10.8 Å². The minimum absolute atomic E-state index is 0.233. The second kappa shape index (κ2) is 10.0. The van der Waals surface area contributed by atoms with Gasteiger partial charge in [0.1, 0.15) is 17.9 Å². The van der Waals surface area contributed by atoms with Crippen molar-refractivity contribution in [3.05, 3.63) is 75.3 Å². The lowest BCUT2D eigenvalue weighted by molar-refractivity contribution is -0.142.